The van der Waals surface area contributed by atoms with Gasteiger partial charge in [0.1, 0.15) is 22.6 Å². The van der Waals surface area contributed by atoms with Crippen LogP contribution in [0.2, 0.25) is 0 Å². The molecule has 0 spiro atoms. The van der Waals surface area contributed by atoms with Gasteiger partial charge < -0.3 is 15.8 Å². The van der Waals surface area contributed by atoms with Crippen molar-refractivity contribution in [2.24, 2.45) is 5.10 Å². The molecule has 8 heteroatoms. The number of anilines is 1. The minimum atomic E-state index is -0.241. The number of nitrogens with two attached hydrogens (primary N) is 1. The van der Waals surface area contributed by atoms with E-state index in [2.05, 4.69) is 10.4 Å². The molecule has 1 saturated carbocycles. The van der Waals surface area contributed by atoms with Crippen LogP contribution in [0.1, 0.15) is 41.6 Å². The van der Waals surface area contributed by atoms with Crippen molar-refractivity contribution in [3.05, 3.63) is 59.7 Å². The normalized spacial score (nSPS) is 14.5. The Hall–Kier alpha value is -3.94. The van der Waals surface area contributed by atoms with Gasteiger partial charge >= 0.3 is 0 Å². The Morgan fingerprint density at radius 2 is 1.81 bits per heavy atom. The topological polar surface area (TPSA) is 107 Å². The smallest absolute Gasteiger partial charge is 0.257 e. The first kappa shape index (κ1) is 20.0. The second kappa shape index (κ2) is 8.30. The van der Waals surface area contributed by atoms with Crippen molar-refractivity contribution < 1.29 is 9.53 Å². The summed E-state index contributed by atoms with van der Waals surface area (Å²) in [5.74, 6) is 0.647. The number of para-hydroxylation sites is 3. The fourth-order valence-corrected chi connectivity index (χ4v) is 4.21. The number of methoxy groups -OCH3 is 1. The molecule has 2 aromatic heterocycles. The first-order chi connectivity index (χ1) is 15.7. The predicted molar refractivity (Wildman–Crippen MR) is 125 cm³/mol. The standard InChI is InChI=1S/C24H24N6O2/c1-32-19-13-7-2-8-15(19)14-26-30-22(25)20(24(31)27-16-9-3-4-10-16)21-23(30)29-18-12-6-5-11-17(18)28-21/h2,5-8,11-14,16H,3-4,9-10,25H2,1H3,(H,27,31)/b26-14+. The van der Waals surface area contributed by atoms with Gasteiger partial charge in [0.05, 0.1) is 24.4 Å². The van der Waals surface area contributed by atoms with Gasteiger partial charge in [-0.05, 0) is 37.1 Å². The minimum absolute atomic E-state index is 0.158. The average molecular weight is 428 g/mol. The first-order valence-electron chi connectivity index (χ1n) is 10.7. The molecule has 0 aliphatic heterocycles. The molecule has 0 atom stereocenters. The highest BCUT2D eigenvalue weighted by atomic mass is 16.5. The van der Waals surface area contributed by atoms with Gasteiger partial charge in [0.25, 0.3) is 5.91 Å². The Morgan fingerprint density at radius 3 is 2.56 bits per heavy atom. The van der Waals surface area contributed by atoms with Gasteiger partial charge in [0.2, 0.25) is 0 Å². The number of hydrogen-bond acceptors (Lipinski definition) is 6. The van der Waals surface area contributed by atoms with Crippen LogP contribution in [0.3, 0.4) is 0 Å². The lowest BCUT2D eigenvalue weighted by molar-refractivity contribution is 0.0940. The number of carbonyl (C=O) groups is 1. The number of ether oxygens (including phenoxy) is 1. The molecule has 1 fully saturated rings. The lowest BCUT2D eigenvalue weighted by Gasteiger charge is -2.11. The second-order valence-electron chi connectivity index (χ2n) is 7.90. The molecular weight excluding hydrogens is 404 g/mol. The Kier molecular flexibility index (Phi) is 5.18. The van der Waals surface area contributed by atoms with Crippen LogP contribution in [0.15, 0.2) is 53.6 Å². The molecule has 0 saturated heterocycles. The zero-order valence-electron chi connectivity index (χ0n) is 17.8. The summed E-state index contributed by atoms with van der Waals surface area (Å²) in [5, 5.41) is 7.67. The summed E-state index contributed by atoms with van der Waals surface area (Å²) in [5.41, 5.74) is 9.82. The largest absolute Gasteiger partial charge is 0.496 e. The molecule has 8 nitrogen and oxygen atoms in total. The molecule has 0 radical (unpaired) electrons. The van der Waals surface area contributed by atoms with E-state index in [0.717, 1.165) is 31.2 Å². The van der Waals surface area contributed by atoms with Crippen molar-refractivity contribution in [3.63, 3.8) is 0 Å². The van der Waals surface area contributed by atoms with Crippen LogP contribution < -0.4 is 15.8 Å². The highest BCUT2D eigenvalue weighted by molar-refractivity contribution is 6.10. The number of hydrogen-bond donors (Lipinski definition) is 2. The Morgan fingerprint density at radius 1 is 1.12 bits per heavy atom. The zero-order chi connectivity index (χ0) is 22.1. The number of benzene rings is 2. The van der Waals surface area contributed by atoms with Gasteiger partial charge in [-0.3, -0.25) is 4.79 Å². The molecule has 2 aromatic carbocycles. The van der Waals surface area contributed by atoms with Gasteiger partial charge in [0, 0.05) is 11.6 Å². The maximum Gasteiger partial charge on any atom is 0.257 e. The quantitative estimate of drug-likeness (QED) is 0.471. The van der Waals surface area contributed by atoms with Gasteiger partial charge in [-0.1, -0.05) is 37.1 Å². The lowest BCUT2D eigenvalue weighted by atomic mass is 10.2. The van der Waals surface area contributed by atoms with E-state index in [1.54, 1.807) is 13.3 Å². The van der Waals surface area contributed by atoms with E-state index in [1.807, 2.05) is 48.5 Å². The maximum absolute atomic E-state index is 13.2. The highest BCUT2D eigenvalue weighted by Crippen LogP contribution is 2.29. The molecule has 0 bridgehead atoms. The van der Waals surface area contributed by atoms with Crippen molar-refractivity contribution in [1.29, 1.82) is 0 Å². The summed E-state index contributed by atoms with van der Waals surface area (Å²) in [7, 11) is 1.61. The minimum Gasteiger partial charge on any atom is -0.496 e. The van der Waals surface area contributed by atoms with Crippen molar-refractivity contribution in [3.8, 4) is 5.75 Å². The van der Waals surface area contributed by atoms with Crippen LogP contribution in [0.5, 0.6) is 5.75 Å². The van der Waals surface area contributed by atoms with Crippen LogP contribution in [0.25, 0.3) is 22.2 Å². The van der Waals surface area contributed by atoms with E-state index in [4.69, 9.17) is 20.4 Å². The molecule has 1 aliphatic rings. The molecule has 4 aromatic rings. The van der Waals surface area contributed by atoms with Crippen molar-refractivity contribution >= 4 is 40.1 Å². The molecule has 0 unspecified atom stereocenters. The third-order valence-electron chi connectivity index (χ3n) is 5.84. The Labute approximate surface area is 185 Å². The summed E-state index contributed by atoms with van der Waals surface area (Å²) in [6, 6.07) is 15.2. The summed E-state index contributed by atoms with van der Waals surface area (Å²) in [4.78, 5) is 22.7. The maximum atomic E-state index is 13.2. The molecule has 162 valence electrons. The van der Waals surface area contributed by atoms with Crippen LogP contribution in [0, 0.1) is 0 Å². The molecule has 3 N–H and O–H groups in total. The summed E-state index contributed by atoms with van der Waals surface area (Å²) in [6.07, 6.45) is 5.84. The molecule has 2 heterocycles. The SMILES string of the molecule is COc1ccccc1/C=N/n1c(N)c(C(=O)NC2CCCC2)c2nc3ccccc3nc21. The van der Waals surface area contributed by atoms with Crippen molar-refractivity contribution in [1.82, 2.24) is 20.0 Å². The fourth-order valence-electron chi connectivity index (χ4n) is 4.21. The Bertz CT molecular complexity index is 1340. The predicted octanol–water partition coefficient (Wildman–Crippen LogP) is 3.73. The molecule has 5 rings (SSSR count). The number of nitrogen functional groups attached to an aromatic ring is 1. The highest BCUT2D eigenvalue weighted by Gasteiger charge is 2.26. The van der Waals surface area contributed by atoms with Crippen molar-refractivity contribution in [2.75, 3.05) is 12.8 Å². The van der Waals surface area contributed by atoms with E-state index >= 15 is 0 Å². The van der Waals surface area contributed by atoms with Gasteiger partial charge in [-0.25, -0.2) is 9.97 Å². The number of rotatable bonds is 5. The van der Waals surface area contributed by atoms with Crippen LogP contribution in [-0.2, 0) is 0 Å². The molecule has 1 amide bonds. The molecular formula is C24H24N6O2. The first-order valence-corrected chi connectivity index (χ1v) is 10.7. The number of carbonyl (C=O) groups excluding carboxylic acids is 1. The van der Waals surface area contributed by atoms with Gasteiger partial charge in [-0.15, -0.1) is 0 Å². The summed E-state index contributed by atoms with van der Waals surface area (Å²) >= 11 is 0. The van der Waals surface area contributed by atoms with E-state index < -0.39 is 0 Å². The lowest BCUT2D eigenvalue weighted by Crippen LogP contribution is -2.33. The molecule has 32 heavy (non-hydrogen) atoms. The number of nitrogens with one attached hydrogen (secondary N) is 1. The zero-order valence-corrected chi connectivity index (χ0v) is 17.8. The van der Waals surface area contributed by atoms with E-state index in [0.29, 0.717) is 33.5 Å². The van der Waals surface area contributed by atoms with E-state index in [9.17, 15) is 4.79 Å². The third-order valence-corrected chi connectivity index (χ3v) is 5.84. The average Bonchev–Trinajstić information content (AvgIpc) is 3.41. The van der Waals surface area contributed by atoms with Crippen LogP contribution >= 0.6 is 0 Å². The monoisotopic (exact) mass is 428 g/mol. The van der Waals surface area contributed by atoms with E-state index in [-0.39, 0.29) is 17.8 Å². The second-order valence-corrected chi connectivity index (χ2v) is 7.90. The number of nitrogens with zero attached hydrogens (tertiary/aromatic N) is 4. The number of aromatic nitrogens is 3. The summed E-state index contributed by atoms with van der Waals surface area (Å²) in [6.45, 7) is 0. The fraction of sp³-hybridized carbons (Fsp3) is 0.250. The number of fused-ring (bicyclic) bond motifs is 2. The van der Waals surface area contributed by atoms with Crippen molar-refractivity contribution in [2.45, 2.75) is 31.7 Å². The number of amides is 1. The summed E-state index contributed by atoms with van der Waals surface area (Å²) < 4.78 is 6.88. The Balaban J connectivity index is 1.66. The van der Waals surface area contributed by atoms with Gasteiger partial charge in [-0.2, -0.15) is 9.78 Å². The van der Waals surface area contributed by atoms with Gasteiger partial charge in [0.15, 0.2) is 5.65 Å². The van der Waals surface area contributed by atoms with Crippen LogP contribution in [-0.4, -0.2) is 39.9 Å². The van der Waals surface area contributed by atoms with Crippen LogP contribution in [0.4, 0.5) is 5.82 Å². The van der Waals surface area contributed by atoms with E-state index in [1.165, 1.54) is 4.68 Å². The molecule has 1 aliphatic carbocycles. The third kappa shape index (κ3) is 3.53.